The Hall–Kier alpha value is -1.85. The maximum Gasteiger partial charge on any atom is 0.209 e. The lowest BCUT2D eigenvalue weighted by atomic mass is 10.3. The van der Waals surface area contributed by atoms with Crippen molar-refractivity contribution < 1.29 is 4.79 Å². The number of amides is 1. The highest BCUT2D eigenvalue weighted by molar-refractivity contribution is 5.51. The lowest BCUT2D eigenvalue weighted by Crippen LogP contribution is -2.46. The van der Waals surface area contributed by atoms with Gasteiger partial charge in [-0.2, -0.15) is 0 Å². The Kier molecular flexibility index (Phi) is 4.94. The van der Waals surface area contributed by atoms with Crippen molar-refractivity contribution in [3.8, 4) is 0 Å². The van der Waals surface area contributed by atoms with Crippen LogP contribution < -0.4 is 10.2 Å². The minimum atomic E-state index is 0.756. The zero-order chi connectivity index (χ0) is 13.5. The SMILES string of the molecule is CCCCNc1cc(N2CCN(C=O)CC2)ncn1. The Morgan fingerprint density at radius 1 is 1.32 bits per heavy atom. The number of piperazine rings is 1. The van der Waals surface area contributed by atoms with E-state index in [-0.39, 0.29) is 0 Å². The van der Waals surface area contributed by atoms with Gasteiger partial charge in [-0.25, -0.2) is 9.97 Å². The van der Waals surface area contributed by atoms with Crippen molar-refractivity contribution in [3.05, 3.63) is 12.4 Å². The van der Waals surface area contributed by atoms with Gasteiger partial charge in [0.1, 0.15) is 18.0 Å². The van der Waals surface area contributed by atoms with E-state index in [4.69, 9.17) is 0 Å². The van der Waals surface area contributed by atoms with Crippen LogP contribution in [0.1, 0.15) is 19.8 Å². The molecule has 0 aliphatic carbocycles. The van der Waals surface area contributed by atoms with E-state index >= 15 is 0 Å². The molecule has 1 saturated heterocycles. The molecular weight excluding hydrogens is 242 g/mol. The molecule has 19 heavy (non-hydrogen) atoms. The molecule has 0 saturated carbocycles. The van der Waals surface area contributed by atoms with E-state index in [1.165, 1.54) is 6.42 Å². The van der Waals surface area contributed by atoms with Crippen LogP contribution in [0.4, 0.5) is 11.6 Å². The summed E-state index contributed by atoms with van der Waals surface area (Å²) in [5.74, 6) is 1.80. The van der Waals surface area contributed by atoms with Crippen LogP contribution in [0.3, 0.4) is 0 Å². The van der Waals surface area contributed by atoms with Gasteiger partial charge in [-0.15, -0.1) is 0 Å². The molecule has 2 rings (SSSR count). The van der Waals surface area contributed by atoms with Crippen molar-refractivity contribution >= 4 is 18.0 Å². The first kappa shape index (κ1) is 13.6. The van der Waals surface area contributed by atoms with Gasteiger partial charge in [0.05, 0.1) is 0 Å². The summed E-state index contributed by atoms with van der Waals surface area (Å²) in [6.45, 7) is 6.26. The molecule has 0 atom stereocenters. The molecule has 1 aromatic heterocycles. The number of aromatic nitrogens is 2. The van der Waals surface area contributed by atoms with Gasteiger partial charge in [-0.1, -0.05) is 13.3 Å². The van der Waals surface area contributed by atoms with Crippen LogP contribution in [0.25, 0.3) is 0 Å². The van der Waals surface area contributed by atoms with Crippen LogP contribution in [0.15, 0.2) is 12.4 Å². The first-order chi connectivity index (χ1) is 9.33. The lowest BCUT2D eigenvalue weighted by molar-refractivity contribution is -0.118. The number of rotatable bonds is 6. The van der Waals surface area contributed by atoms with Crippen molar-refractivity contribution in [2.75, 3.05) is 42.9 Å². The molecule has 0 unspecified atom stereocenters. The van der Waals surface area contributed by atoms with Crippen molar-refractivity contribution in [1.29, 1.82) is 0 Å². The molecule has 1 fully saturated rings. The first-order valence-corrected chi connectivity index (χ1v) is 6.83. The molecule has 1 N–H and O–H groups in total. The molecular formula is C13H21N5O. The van der Waals surface area contributed by atoms with Gasteiger partial charge in [-0.05, 0) is 6.42 Å². The average Bonchev–Trinajstić information content (AvgIpc) is 2.48. The minimum Gasteiger partial charge on any atom is -0.370 e. The molecule has 0 bridgehead atoms. The molecule has 0 radical (unpaired) electrons. The third-order valence-electron chi connectivity index (χ3n) is 3.28. The fourth-order valence-electron chi connectivity index (χ4n) is 2.07. The van der Waals surface area contributed by atoms with E-state index in [2.05, 4.69) is 27.1 Å². The van der Waals surface area contributed by atoms with E-state index in [1.807, 2.05) is 6.07 Å². The molecule has 1 amide bonds. The van der Waals surface area contributed by atoms with Crippen molar-refractivity contribution in [2.24, 2.45) is 0 Å². The molecule has 1 aromatic rings. The predicted molar refractivity (Wildman–Crippen MR) is 75.3 cm³/mol. The van der Waals surface area contributed by atoms with Gasteiger partial charge in [0.2, 0.25) is 6.41 Å². The molecule has 2 heterocycles. The molecule has 6 heteroatoms. The second-order valence-electron chi connectivity index (χ2n) is 4.67. The van der Waals surface area contributed by atoms with Crippen LogP contribution in [-0.2, 0) is 4.79 Å². The van der Waals surface area contributed by atoms with Crippen molar-refractivity contribution in [2.45, 2.75) is 19.8 Å². The van der Waals surface area contributed by atoms with E-state index in [0.717, 1.165) is 57.2 Å². The highest BCUT2D eigenvalue weighted by atomic mass is 16.1. The molecule has 104 valence electrons. The third kappa shape index (κ3) is 3.81. The second kappa shape index (κ2) is 6.92. The summed E-state index contributed by atoms with van der Waals surface area (Å²) in [4.78, 5) is 23.2. The maximum absolute atomic E-state index is 10.7. The van der Waals surface area contributed by atoms with Gasteiger partial charge in [0, 0.05) is 38.8 Å². The molecule has 0 spiro atoms. The van der Waals surface area contributed by atoms with Gasteiger partial charge < -0.3 is 15.1 Å². The standard InChI is InChI=1S/C13H21N5O/c1-2-3-4-14-12-9-13(16-10-15-12)18-7-5-17(11-19)6-8-18/h9-11H,2-8H2,1H3,(H,14,15,16). The number of unbranched alkanes of at least 4 members (excludes halogenated alkanes) is 1. The number of nitrogens with one attached hydrogen (secondary N) is 1. The first-order valence-electron chi connectivity index (χ1n) is 6.83. The van der Waals surface area contributed by atoms with Crippen LogP contribution >= 0.6 is 0 Å². The number of hydrogen-bond donors (Lipinski definition) is 1. The molecule has 1 aliphatic heterocycles. The highest BCUT2D eigenvalue weighted by Crippen LogP contribution is 2.15. The van der Waals surface area contributed by atoms with E-state index in [9.17, 15) is 4.79 Å². The van der Waals surface area contributed by atoms with Gasteiger partial charge >= 0.3 is 0 Å². The van der Waals surface area contributed by atoms with Crippen LogP contribution in [0.5, 0.6) is 0 Å². The fraction of sp³-hybridized carbons (Fsp3) is 0.615. The third-order valence-corrected chi connectivity index (χ3v) is 3.28. The summed E-state index contributed by atoms with van der Waals surface area (Å²) in [7, 11) is 0. The summed E-state index contributed by atoms with van der Waals surface area (Å²) in [5.41, 5.74) is 0. The Balaban J connectivity index is 1.93. The smallest absolute Gasteiger partial charge is 0.209 e. The number of nitrogens with zero attached hydrogens (tertiary/aromatic N) is 4. The fourth-order valence-corrected chi connectivity index (χ4v) is 2.07. The van der Waals surface area contributed by atoms with Crippen LogP contribution in [0, 0.1) is 0 Å². The Bertz CT molecular complexity index is 404. The summed E-state index contributed by atoms with van der Waals surface area (Å²) >= 11 is 0. The summed E-state index contributed by atoms with van der Waals surface area (Å²) in [6.07, 6.45) is 4.81. The second-order valence-corrected chi connectivity index (χ2v) is 4.67. The number of carbonyl (C=O) groups excluding carboxylic acids is 1. The average molecular weight is 263 g/mol. The normalized spacial score (nSPS) is 15.4. The summed E-state index contributed by atoms with van der Waals surface area (Å²) in [5, 5.41) is 3.30. The largest absolute Gasteiger partial charge is 0.370 e. The maximum atomic E-state index is 10.7. The van der Waals surface area contributed by atoms with Crippen molar-refractivity contribution in [3.63, 3.8) is 0 Å². The van der Waals surface area contributed by atoms with E-state index in [0.29, 0.717) is 0 Å². The number of hydrogen-bond acceptors (Lipinski definition) is 5. The Morgan fingerprint density at radius 2 is 2.11 bits per heavy atom. The lowest BCUT2D eigenvalue weighted by Gasteiger charge is -2.33. The number of anilines is 2. The summed E-state index contributed by atoms with van der Waals surface area (Å²) in [6, 6.07) is 1.98. The summed E-state index contributed by atoms with van der Waals surface area (Å²) < 4.78 is 0. The number of carbonyl (C=O) groups is 1. The monoisotopic (exact) mass is 263 g/mol. The van der Waals surface area contributed by atoms with Crippen LogP contribution in [-0.4, -0.2) is 54.0 Å². The van der Waals surface area contributed by atoms with Crippen LogP contribution in [0.2, 0.25) is 0 Å². The zero-order valence-electron chi connectivity index (χ0n) is 11.4. The Morgan fingerprint density at radius 3 is 2.79 bits per heavy atom. The molecule has 6 nitrogen and oxygen atoms in total. The molecule has 1 aliphatic rings. The van der Waals surface area contributed by atoms with Crippen molar-refractivity contribution in [1.82, 2.24) is 14.9 Å². The van der Waals surface area contributed by atoms with Gasteiger partial charge in [-0.3, -0.25) is 4.79 Å². The topological polar surface area (TPSA) is 61.4 Å². The van der Waals surface area contributed by atoms with Gasteiger partial charge in [0.25, 0.3) is 0 Å². The Labute approximate surface area is 113 Å². The van der Waals surface area contributed by atoms with E-state index < -0.39 is 0 Å². The highest BCUT2D eigenvalue weighted by Gasteiger charge is 2.16. The quantitative estimate of drug-likeness (QED) is 0.612. The van der Waals surface area contributed by atoms with Gasteiger partial charge in [0.15, 0.2) is 0 Å². The molecule has 0 aromatic carbocycles. The van der Waals surface area contributed by atoms with E-state index in [1.54, 1.807) is 11.2 Å². The minimum absolute atomic E-state index is 0.756. The predicted octanol–water partition coefficient (Wildman–Crippen LogP) is 0.967. The zero-order valence-corrected chi connectivity index (χ0v) is 11.4.